The first-order valence-corrected chi connectivity index (χ1v) is 7.68. The van der Waals surface area contributed by atoms with Crippen LogP contribution in [-0.4, -0.2) is 18.0 Å². The van der Waals surface area contributed by atoms with Crippen molar-refractivity contribution in [2.75, 3.05) is 6.54 Å². The summed E-state index contributed by atoms with van der Waals surface area (Å²) in [5.41, 5.74) is 2.03. The monoisotopic (exact) mass is 274 g/mol. The summed E-state index contributed by atoms with van der Waals surface area (Å²) in [6.45, 7) is 7.15. The number of nitrogens with one attached hydrogen (secondary N) is 2. The van der Waals surface area contributed by atoms with Gasteiger partial charge >= 0.3 is 0 Å². The maximum absolute atomic E-state index is 12.6. The van der Waals surface area contributed by atoms with Crippen molar-refractivity contribution in [2.45, 2.75) is 58.0 Å². The van der Waals surface area contributed by atoms with Gasteiger partial charge in [0, 0.05) is 0 Å². The number of hydrogen-bond acceptors (Lipinski definition) is 2. The summed E-state index contributed by atoms with van der Waals surface area (Å²) in [7, 11) is 0. The minimum Gasteiger partial charge on any atom is -0.348 e. The van der Waals surface area contributed by atoms with E-state index in [4.69, 9.17) is 0 Å². The molecule has 1 aliphatic heterocycles. The topological polar surface area (TPSA) is 41.1 Å². The van der Waals surface area contributed by atoms with Crippen LogP contribution in [0, 0.1) is 6.92 Å². The number of hydrogen-bond donors (Lipinski definition) is 2. The maximum Gasteiger partial charge on any atom is 0.240 e. The van der Waals surface area contributed by atoms with E-state index in [9.17, 15) is 4.79 Å². The van der Waals surface area contributed by atoms with Crippen molar-refractivity contribution in [1.29, 1.82) is 0 Å². The zero-order chi connectivity index (χ0) is 14.6. The summed E-state index contributed by atoms with van der Waals surface area (Å²) in [4.78, 5) is 12.6. The molecule has 1 heterocycles. The second-order valence-electron chi connectivity index (χ2n) is 6.06. The third-order valence-electron chi connectivity index (χ3n) is 4.31. The molecule has 0 saturated carbocycles. The molecule has 1 aromatic rings. The first-order chi connectivity index (χ1) is 9.55. The van der Waals surface area contributed by atoms with E-state index < -0.39 is 5.54 Å². The highest BCUT2D eigenvalue weighted by Gasteiger charge is 2.35. The van der Waals surface area contributed by atoms with E-state index in [0.717, 1.165) is 32.2 Å². The van der Waals surface area contributed by atoms with Gasteiger partial charge in [0.1, 0.15) is 0 Å². The Kier molecular flexibility index (Phi) is 4.81. The Morgan fingerprint density at radius 1 is 1.35 bits per heavy atom. The molecule has 110 valence electrons. The molecule has 0 aliphatic carbocycles. The van der Waals surface area contributed by atoms with Gasteiger partial charge in [-0.3, -0.25) is 4.79 Å². The van der Waals surface area contributed by atoms with Crippen molar-refractivity contribution in [3.8, 4) is 0 Å². The Balaban J connectivity index is 2.05. The average Bonchev–Trinajstić information content (AvgIpc) is 2.46. The third kappa shape index (κ3) is 3.40. The van der Waals surface area contributed by atoms with Gasteiger partial charge in [0.15, 0.2) is 0 Å². The predicted octanol–water partition coefficient (Wildman–Crippen LogP) is 3.09. The number of aryl methyl sites for hydroxylation is 1. The Morgan fingerprint density at radius 2 is 2.05 bits per heavy atom. The maximum atomic E-state index is 12.6. The summed E-state index contributed by atoms with van der Waals surface area (Å²) in [6, 6.07) is 8.53. The Labute approximate surface area is 122 Å². The van der Waals surface area contributed by atoms with E-state index in [1.54, 1.807) is 0 Å². The first-order valence-electron chi connectivity index (χ1n) is 7.68. The highest BCUT2D eigenvalue weighted by atomic mass is 16.2. The van der Waals surface area contributed by atoms with E-state index >= 15 is 0 Å². The predicted molar refractivity (Wildman–Crippen MR) is 82.6 cm³/mol. The number of benzene rings is 1. The number of amides is 1. The van der Waals surface area contributed by atoms with Gasteiger partial charge in [-0.15, -0.1) is 0 Å². The zero-order valence-corrected chi connectivity index (χ0v) is 12.8. The summed E-state index contributed by atoms with van der Waals surface area (Å²) < 4.78 is 0. The van der Waals surface area contributed by atoms with Crippen molar-refractivity contribution < 1.29 is 4.79 Å². The van der Waals surface area contributed by atoms with Crippen molar-refractivity contribution >= 4 is 5.91 Å². The molecule has 1 aliphatic rings. The van der Waals surface area contributed by atoms with E-state index in [2.05, 4.69) is 48.7 Å². The highest BCUT2D eigenvalue weighted by Crippen LogP contribution is 2.22. The molecule has 0 radical (unpaired) electrons. The van der Waals surface area contributed by atoms with Crippen molar-refractivity contribution in [2.24, 2.45) is 0 Å². The van der Waals surface area contributed by atoms with Crippen molar-refractivity contribution in [3.05, 3.63) is 35.4 Å². The smallest absolute Gasteiger partial charge is 0.240 e. The van der Waals surface area contributed by atoms with Gasteiger partial charge in [-0.25, -0.2) is 0 Å². The standard InChI is InChI=1S/C17H26N2O/c1-4-15(14-9-7-13(2)8-10-14)19-16(20)17(3)11-5-6-12-18-17/h7-10,15,18H,4-6,11-12H2,1-3H3,(H,19,20). The summed E-state index contributed by atoms with van der Waals surface area (Å²) in [5, 5.41) is 6.58. The summed E-state index contributed by atoms with van der Waals surface area (Å²) >= 11 is 0. The summed E-state index contributed by atoms with van der Waals surface area (Å²) in [5.74, 6) is 0.129. The van der Waals surface area contributed by atoms with Crippen LogP contribution in [-0.2, 0) is 4.79 Å². The molecule has 0 spiro atoms. The number of piperidine rings is 1. The van der Waals surface area contributed by atoms with Gasteiger partial charge in [-0.05, 0) is 51.6 Å². The second-order valence-corrected chi connectivity index (χ2v) is 6.06. The molecule has 3 nitrogen and oxygen atoms in total. The molecule has 1 amide bonds. The third-order valence-corrected chi connectivity index (χ3v) is 4.31. The SMILES string of the molecule is CCC(NC(=O)C1(C)CCCCN1)c1ccc(C)cc1. The van der Waals surface area contributed by atoms with Crippen LogP contribution in [0.5, 0.6) is 0 Å². The fraction of sp³-hybridized carbons (Fsp3) is 0.588. The quantitative estimate of drug-likeness (QED) is 0.886. The molecular weight excluding hydrogens is 248 g/mol. The lowest BCUT2D eigenvalue weighted by Gasteiger charge is -2.35. The second kappa shape index (κ2) is 6.40. The lowest BCUT2D eigenvalue weighted by molar-refractivity contribution is -0.128. The van der Waals surface area contributed by atoms with Gasteiger partial charge in [0.25, 0.3) is 0 Å². The van der Waals surface area contributed by atoms with Gasteiger partial charge in [0.05, 0.1) is 11.6 Å². The van der Waals surface area contributed by atoms with Gasteiger partial charge in [-0.2, -0.15) is 0 Å². The summed E-state index contributed by atoms with van der Waals surface area (Å²) in [6.07, 6.45) is 4.12. The van der Waals surface area contributed by atoms with Gasteiger partial charge in [0.2, 0.25) is 5.91 Å². The molecule has 2 unspecified atom stereocenters. The number of carbonyl (C=O) groups excluding carboxylic acids is 1. The molecule has 1 saturated heterocycles. The van der Waals surface area contributed by atoms with Gasteiger partial charge < -0.3 is 10.6 Å². The van der Waals surface area contributed by atoms with E-state index in [-0.39, 0.29) is 11.9 Å². The fourth-order valence-electron chi connectivity index (χ4n) is 2.79. The largest absolute Gasteiger partial charge is 0.348 e. The molecule has 0 aromatic heterocycles. The van der Waals surface area contributed by atoms with Crippen LogP contribution >= 0.6 is 0 Å². The Morgan fingerprint density at radius 3 is 2.60 bits per heavy atom. The van der Waals surface area contributed by atoms with Crippen LogP contribution < -0.4 is 10.6 Å². The molecule has 2 N–H and O–H groups in total. The van der Waals surface area contributed by atoms with E-state index in [1.807, 2.05) is 6.92 Å². The Bertz CT molecular complexity index is 447. The fourth-order valence-corrected chi connectivity index (χ4v) is 2.79. The Hall–Kier alpha value is -1.35. The van der Waals surface area contributed by atoms with Crippen LogP contribution in [0.4, 0.5) is 0 Å². The molecule has 3 heteroatoms. The first kappa shape index (κ1) is 15.0. The minimum absolute atomic E-state index is 0.101. The van der Waals surface area contributed by atoms with Gasteiger partial charge in [-0.1, -0.05) is 36.8 Å². The van der Waals surface area contributed by atoms with Crippen molar-refractivity contribution in [1.82, 2.24) is 10.6 Å². The lowest BCUT2D eigenvalue weighted by Crippen LogP contribution is -2.57. The molecule has 1 aromatic carbocycles. The molecular formula is C17H26N2O. The zero-order valence-electron chi connectivity index (χ0n) is 12.8. The molecule has 2 atom stereocenters. The number of carbonyl (C=O) groups is 1. The molecule has 20 heavy (non-hydrogen) atoms. The average molecular weight is 274 g/mol. The highest BCUT2D eigenvalue weighted by molar-refractivity contribution is 5.86. The van der Waals surface area contributed by atoms with E-state index in [0.29, 0.717) is 0 Å². The van der Waals surface area contributed by atoms with Crippen LogP contribution in [0.15, 0.2) is 24.3 Å². The van der Waals surface area contributed by atoms with Crippen molar-refractivity contribution in [3.63, 3.8) is 0 Å². The van der Waals surface area contributed by atoms with Crippen LogP contribution in [0.1, 0.15) is 56.7 Å². The van der Waals surface area contributed by atoms with Crippen LogP contribution in [0.2, 0.25) is 0 Å². The number of rotatable bonds is 4. The van der Waals surface area contributed by atoms with Crippen LogP contribution in [0.3, 0.4) is 0 Å². The lowest BCUT2D eigenvalue weighted by atomic mass is 9.89. The normalized spacial score (nSPS) is 24.1. The molecule has 1 fully saturated rings. The molecule has 2 rings (SSSR count). The van der Waals surface area contributed by atoms with E-state index in [1.165, 1.54) is 11.1 Å². The minimum atomic E-state index is -0.406. The van der Waals surface area contributed by atoms with Crippen LogP contribution in [0.25, 0.3) is 0 Å². The molecule has 0 bridgehead atoms.